The highest BCUT2D eigenvalue weighted by molar-refractivity contribution is 6.33. The van der Waals surface area contributed by atoms with E-state index in [0.29, 0.717) is 76.7 Å². The molecule has 258 valence electrons. The molecule has 2 N–H and O–H groups in total. The van der Waals surface area contributed by atoms with Crippen LogP contribution in [0.5, 0.6) is 0 Å². The molecule has 1 aromatic carbocycles. The Labute approximate surface area is 286 Å². The molecule has 0 spiro atoms. The Bertz CT molecular complexity index is 1980. The van der Waals surface area contributed by atoms with Gasteiger partial charge in [-0.1, -0.05) is 17.5 Å². The Morgan fingerprint density at radius 3 is 2.92 bits per heavy atom. The van der Waals surface area contributed by atoms with E-state index in [0.717, 1.165) is 13.0 Å². The molecule has 5 aliphatic heterocycles. The third kappa shape index (κ3) is 6.68. The van der Waals surface area contributed by atoms with Crippen molar-refractivity contribution in [3.8, 4) is 23.6 Å². The van der Waals surface area contributed by atoms with E-state index >= 15 is 4.39 Å². The molecule has 0 saturated carbocycles. The van der Waals surface area contributed by atoms with Gasteiger partial charge in [0.25, 0.3) is 0 Å². The van der Waals surface area contributed by atoms with Gasteiger partial charge in [0.15, 0.2) is 5.82 Å². The topological polar surface area (TPSA) is 148 Å². The van der Waals surface area contributed by atoms with E-state index in [1.807, 2.05) is 0 Å². The summed E-state index contributed by atoms with van der Waals surface area (Å²) < 4.78 is 38.0. The number of rotatable bonds is 2. The molecule has 0 amide bonds. The van der Waals surface area contributed by atoms with Crippen LogP contribution in [-0.4, -0.2) is 107 Å². The predicted molar refractivity (Wildman–Crippen MR) is 180 cm³/mol. The molecule has 3 fully saturated rings. The summed E-state index contributed by atoms with van der Waals surface area (Å²) >= 11 is 6.60. The van der Waals surface area contributed by atoms with Crippen LogP contribution in [0.15, 0.2) is 23.3 Å². The van der Waals surface area contributed by atoms with Crippen molar-refractivity contribution in [2.45, 2.75) is 56.8 Å². The van der Waals surface area contributed by atoms with Gasteiger partial charge in [-0.05, 0) is 57.2 Å². The normalized spacial score (nSPS) is 24.1. The zero-order chi connectivity index (χ0) is 34.1. The lowest BCUT2D eigenvalue weighted by atomic mass is 9.95. The van der Waals surface area contributed by atoms with E-state index in [1.165, 1.54) is 25.6 Å². The molecule has 4 aromatic rings. The molecule has 6 bridgehead atoms. The zero-order valence-electron chi connectivity index (χ0n) is 27.1. The Morgan fingerprint density at radius 1 is 1.20 bits per heavy atom. The number of pyridine rings is 1. The minimum Gasteiger partial charge on any atom is -0.434 e. The molecular weight excluding hydrogens is 657 g/mol. The Morgan fingerprint density at radius 2 is 2.08 bits per heavy atom. The first-order valence-electron chi connectivity index (χ1n) is 16.4. The monoisotopic (exact) mass is 693 g/mol. The number of carbonyl (C=O) groups is 1. The van der Waals surface area contributed by atoms with Gasteiger partial charge in [-0.3, -0.25) is 15.0 Å². The summed E-state index contributed by atoms with van der Waals surface area (Å²) in [4.78, 5) is 40.2. The molecule has 49 heavy (non-hydrogen) atoms. The maximum Gasteiger partial charge on any atom is 0.508 e. The molecule has 9 rings (SSSR count). The molecule has 0 radical (unpaired) electrons. The van der Waals surface area contributed by atoms with Gasteiger partial charge in [0.1, 0.15) is 24.2 Å². The van der Waals surface area contributed by atoms with Crippen LogP contribution in [0, 0.1) is 18.2 Å². The van der Waals surface area contributed by atoms with Crippen LogP contribution < -0.4 is 10.6 Å². The minimum absolute atomic E-state index is 0.0173. The zero-order valence-corrected chi connectivity index (χ0v) is 27.9. The lowest BCUT2D eigenvalue weighted by Crippen LogP contribution is -2.37. The first kappa shape index (κ1) is 33.2. The second-order valence-corrected chi connectivity index (χ2v) is 13.4. The van der Waals surface area contributed by atoms with Crippen LogP contribution in [0.25, 0.3) is 33.1 Å². The van der Waals surface area contributed by atoms with Gasteiger partial charge in [0, 0.05) is 40.8 Å². The van der Waals surface area contributed by atoms with Crippen LogP contribution in [0.4, 0.5) is 15.0 Å². The van der Waals surface area contributed by atoms with Crippen molar-refractivity contribution < 1.29 is 28.1 Å². The van der Waals surface area contributed by atoms with Crippen LogP contribution in [0.3, 0.4) is 0 Å². The molecule has 8 heterocycles. The SMILES string of the molecule is C#CCOC1CN2CCC[C@]2(C)C1.O=C1OCCCc2c(Cl)cc3[nH]ncc3c2-c2ncc3c(nc(=O)[nH]c3c2F)N2CCOCC(C2)O1. The fourth-order valence-corrected chi connectivity index (χ4v) is 7.72. The molecule has 3 atom stereocenters. The molecule has 13 nitrogen and oxygen atoms in total. The van der Waals surface area contributed by atoms with Gasteiger partial charge in [-0.2, -0.15) is 10.1 Å². The third-order valence-electron chi connectivity index (χ3n) is 9.72. The van der Waals surface area contributed by atoms with Crippen molar-refractivity contribution in [3.05, 3.63) is 45.3 Å². The highest BCUT2D eigenvalue weighted by Gasteiger charge is 2.45. The number of hydrogen-bond acceptors (Lipinski definition) is 11. The maximum absolute atomic E-state index is 16.2. The first-order valence-corrected chi connectivity index (χ1v) is 16.8. The number of aromatic nitrogens is 5. The van der Waals surface area contributed by atoms with E-state index in [9.17, 15) is 9.59 Å². The van der Waals surface area contributed by atoms with E-state index in [4.69, 9.17) is 37.0 Å². The number of H-pyrrole nitrogens is 2. The number of carbonyl (C=O) groups excluding carboxylic acids is 1. The van der Waals surface area contributed by atoms with Crippen LogP contribution >= 0.6 is 11.6 Å². The standard InChI is InChI=1S/C23H20ClFN6O5.C11H17NO/c24-15-6-16-13(8-27-30-16)17-12(15)2-1-4-35-23(33)36-11-9-31(3-5-34-10-11)21-14-7-26-20(17)18(25)19(14)28-22(32)29-21;1-3-7-13-10-8-11(2)5-4-6-12(11)9-10/h6-8,11H,1-5,9-10H2,(H,27,30)(H,28,29,32);1,10H,4-9H2,2H3/t;10?,11-/m.1/s1. The van der Waals surface area contributed by atoms with Crippen molar-refractivity contribution in [3.63, 3.8) is 0 Å². The molecule has 3 saturated heterocycles. The molecular formula is C34H37ClFN7O6. The van der Waals surface area contributed by atoms with Gasteiger partial charge in [0.2, 0.25) is 0 Å². The Hall–Kier alpha value is -4.29. The maximum atomic E-state index is 16.2. The van der Waals surface area contributed by atoms with E-state index < -0.39 is 23.8 Å². The second kappa shape index (κ2) is 13.9. The van der Waals surface area contributed by atoms with Crippen molar-refractivity contribution >= 4 is 45.4 Å². The summed E-state index contributed by atoms with van der Waals surface area (Å²) in [6.07, 6.45) is 11.7. The number of fused-ring (bicyclic) bond motifs is 8. The van der Waals surface area contributed by atoms with Gasteiger partial charge >= 0.3 is 11.8 Å². The fraction of sp³-hybridized carbons (Fsp3) is 0.500. The first-order chi connectivity index (χ1) is 23.7. The number of halogens is 2. The number of aromatic amines is 2. The lowest BCUT2D eigenvalue weighted by Gasteiger charge is -2.26. The second-order valence-electron chi connectivity index (χ2n) is 13.0. The van der Waals surface area contributed by atoms with Gasteiger partial charge in [0.05, 0.1) is 55.1 Å². The summed E-state index contributed by atoms with van der Waals surface area (Å²) in [6.45, 7) is 6.17. The summed E-state index contributed by atoms with van der Waals surface area (Å²) in [7, 11) is 0. The summed E-state index contributed by atoms with van der Waals surface area (Å²) in [5, 5.41) is 8.23. The van der Waals surface area contributed by atoms with Crippen LogP contribution in [0.2, 0.25) is 5.02 Å². The minimum atomic E-state index is -0.825. The van der Waals surface area contributed by atoms with E-state index in [2.05, 4.69) is 42.9 Å². The van der Waals surface area contributed by atoms with Crippen LogP contribution in [-0.2, 0) is 25.4 Å². The van der Waals surface area contributed by atoms with Crippen molar-refractivity contribution in [1.29, 1.82) is 0 Å². The fourth-order valence-electron chi connectivity index (χ4n) is 7.42. The van der Waals surface area contributed by atoms with Gasteiger partial charge in [-0.25, -0.2) is 14.0 Å². The number of nitrogens with one attached hydrogen (secondary N) is 2. The Balaban J connectivity index is 0.000000244. The summed E-state index contributed by atoms with van der Waals surface area (Å²) in [6, 6.07) is 1.71. The number of nitrogens with zero attached hydrogens (tertiary/aromatic N) is 5. The number of hydrogen-bond donors (Lipinski definition) is 2. The number of ether oxygens (including phenoxy) is 4. The highest BCUT2D eigenvalue weighted by Crippen LogP contribution is 2.40. The average molecular weight is 694 g/mol. The predicted octanol–water partition coefficient (Wildman–Crippen LogP) is 4.22. The Kier molecular flexibility index (Phi) is 9.43. The van der Waals surface area contributed by atoms with Crippen molar-refractivity contribution in [2.24, 2.45) is 0 Å². The summed E-state index contributed by atoms with van der Waals surface area (Å²) in [5.41, 5.74) is 1.34. The average Bonchev–Trinajstić information content (AvgIpc) is 3.71. The number of anilines is 1. The van der Waals surface area contributed by atoms with E-state index in [-0.39, 0.29) is 36.8 Å². The lowest BCUT2D eigenvalue weighted by molar-refractivity contribution is -0.00447. The number of terminal acetylenes is 1. The third-order valence-corrected chi connectivity index (χ3v) is 10.1. The largest absolute Gasteiger partial charge is 0.508 e. The number of benzene rings is 1. The quantitative estimate of drug-likeness (QED) is 0.230. The molecule has 5 aliphatic rings. The summed E-state index contributed by atoms with van der Waals surface area (Å²) in [5.74, 6) is 2.03. The van der Waals surface area contributed by atoms with Crippen molar-refractivity contribution in [2.75, 3.05) is 57.5 Å². The molecule has 15 heteroatoms. The van der Waals surface area contributed by atoms with E-state index in [1.54, 1.807) is 17.2 Å². The molecule has 2 unspecified atom stereocenters. The van der Waals surface area contributed by atoms with Gasteiger partial charge < -0.3 is 28.8 Å². The van der Waals surface area contributed by atoms with Crippen molar-refractivity contribution in [1.82, 2.24) is 30.0 Å². The van der Waals surface area contributed by atoms with Gasteiger partial charge in [-0.15, -0.1) is 6.42 Å². The van der Waals surface area contributed by atoms with Crippen LogP contribution in [0.1, 0.15) is 38.2 Å². The molecule has 0 aliphatic carbocycles. The smallest absolute Gasteiger partial charge is 0.434 e. The highest BCUT2D eigenvalue weighted by atomic mass is 35.5. The molecule has 3 aromatic heterocycles.